The third-order valence-corrected chi connectivity index (χ3v) is 8.30. The topological polar surface area (TPSA) is 114 Å². The fourth-order valence-electron chi connectivity index (χ4n) is 5.18. The lowest BCUT2D eigenvalue weighted by Crippen LogP contribution is -2.46. The highest BCUT2D eigenvalue weighted by atomic mass is 32.2. The van der Waals surface area contributed by atoms with Crippen molar-refractivity contribution in [2.75, 3.05) is 50.2 Å². The Morgan fingerprint density at radius 3 is 2.35 bits per heavy atom. The molecule has 40 heavy (non-hydrogen) atoms. The van der Waals surface area contributed by atoms with Gasteiger partial charge in [0.25, 0.3) is 0 Å². The Labute approximate surface area is 234 Å². The molecule has 2 amide bonds. The molecule has 2 atom stereocenters. The smallest absolute Gasteiger partial charge is 0.406 e. The second-order valence-electron chi connectivity index (χ2n) is 10.7. The zero-order valence-electron chi connectivity index (χ0n) is 22.9. The van der Waals surface area contributed by atoms with Gasteiger partial charge >= 0.3 is 6.36 Å². The van der Waals surface area contributed by atoms with Crippen LogP contribution in [0.4, 0.5) is 18.9 Å². The zero-order chi connectivity index (χ0) is 29.2. The Balaban J connectivity index is 1.67. The Kier molecular flexibility index (Phi) is 11.9. The fourth-order valence-corrected chi connectivity index (χ4v) is 5.89. The molecule has 2 N–H and O–H groups in total. The molecule has 1 aromatic carbocycles. The number of rotatable bonds is 13. The molecule has 1 aliphatic carbocycles. The second kappa shape index (κ2) is 14.9. The summed E-state index contributed by atoms with van der Waals surface area (Å²) in [7, 11) is -3.31. The normalized spacial score (nSPS) is 18.6. The van der Waals surface area contributed by atoms with Gasteiger partial charge in [-0.15, -0.1) is 13.2 Å². The average Bonchev–Trinajstić information content (AvgIpc) is 2.90. The van der Waals surface area contributed by atoms with Crippen molar-refractivity contribution < 1.29 is 40.7 Å². The molecule has 0 spiro atoms. The van der Waals surface area contributed by atoms with Crippen LogP contribution in [0.25, 0.3) is 0 Å². The first kappa shape index (κ1) is 32.0. The summed E-state index contributed by atoms with van der Waals surface area (Å²) < 4.78 is 70.3. The number of halogens is 3. The number of ether oxygens (including phenoxy) is 2. The molecular weight excluding hydrogens is 551 g/mol. The van der Waals surface area contributed by atoms with Crippen LogP contribution < -0.4 is 15.4 Å². The molecule has 1 heterocycles. The largest absolute Gasteiger partial charge is 0.573 e. The number of hydrogen-bond donors (Lipinski definition) is 2. The van der Waals surface area contributed by atoms with Gasteiger partial charge in [0.1, 0.15) is 15.6 Å². The molecule has 2 aliphatic rings. The summed E-state index contributed by atoms with van der Waals surface area (Å²) >= 11 is 0. The molecule has 0 bridgehead atoms. The van der Waals surface area contributed by atoms with E-state index in [1.54, 1.807) is 4.90 Å². The van der Waals surface area contributed by atoms with Gasteiger partial charge in [-0.3, -0.25) is 9.59 Å². The number of sulfone groups is 1. The Bertz CT molecular complexity index is 1060. The molecular formula is C27H40F3N3O6S. The maximum absolute atomic E-state index is 13.6. The van der Waals surface area contributed by atoms with E-state index in [-0.39, 0.29) is 42.7 Å². The first-order valence-corrected chi connectivity index (χ1v) is 15.9. The summed E-state index contributed by atoms with van der Waals surface area (Å²) in [6, 6.07) is 4.56. The van der Waals surface area contributed by atoms with Gasteiger partial charge in [-0.1, -0.05) is 32.1 Å². The third-order valence-electron chi connectivity index (χ3n) is 7.32. The van der Waals surface area contributed by atoms with Crippen LogP contribution in [0.2, 0.25) is 0 Å². The van der Waals surface area contributed by atoms with Crippen LogP contribution in [0.5, 0.6) is 5.75 Å². The van der Waals surface area contributed by atoms with E-state index in [0.29, 0.717) is 44.3 Å². The highest BCUT2D eigenvalue weighted by Crippen LogP contribution is 2.31. The number of hydrogen-bond acceptors (Lipinski definition) is 7. The molecule has 2 fully saturated rings. The number of alkyl halides is 3. The summed E-state index contributed by atoms with van der Waals surface area (Å²) in [6.07, 6.45) is 2.53. The quantitative estimate of drug-likeness (QED) is 0.359. The molecule has 1 aliphatic heterocycles. The van der Waals surface area contributed by atoms with Gasteiger partial charge < -0.3 is 25.0 Å². The number of morpholine rings is 1. The predicted octanol–water partition coefficient (Wildman–Crippen LogP) is 3.75. The Morgan fingerprint density at radius 1 is 1.10 bits per heavy atom. The maximum Gasteiger partial charge on any atom is 0.573 e. The van der Waals surface area contributed by atoms with Crippen molar-refractivity contribution >= 4 is 27.3 Å². The first-order valence-electron chi connectivity index (χ1n) is 13.8. The van der Waals surface area contributed by atoms with Gasteiger partial charge in [-0.25, -0.2) is 8.42 Å². The van der Waals surface area contributed by atoms with Gasteiger partial charge in [-0.05, 0) is 43.0 Å². The van der Waals surface area contributed by atoms with Crippen LogP contribution in [-0.4, -0.2) is 82.4 Å². The van der Waals surface area contributed by atoms with Crippen LogP contribution in [0, 0.1) is 11.8 Å². The lowest BCUT2D eigenvalue weighted by atomic mass is 9.81. The molecule has 0 aromatic heterocycles. The summed E-state index contributed by atoms with van der Waals surface area (Å²) in [6.45, 7) is 2.06. The van der Waals surface area contributed by atoms with Gasteiger partial charge in [-0.2, -0.15) is 0 Å². The van der Waals surface area contributed by atoms with Crippen LogP contribution in [-0.2, 0) is 24.2 Å². The number of carbonyl (C=O) groups is 2. The number of nitrogens with one attached hydrogen (secondary N) is 2. The van der Waals surface area contributed by atoms with Crippen LogP contribution in [0.1, 0.15) is 51.4 Å². The van der Waals surface area contributed by atoms with Crippen molar-refractivity contribution in [1.29, 1.82) is 0 Å². The highest BCUT2D eigenvalue weighted by Gasteiger charge is 2.32. The highest BCUT2D eigenvalue weighted by molar-refractivity contribution is 7.90. The van der Waals surface area contributed by atoms with Crippen molar-refractivity contribution in [3.05, 3.63) is 24.3 Å². The summed E-state index contributed by atoms with van der Waals surface area (Å²) in [5, 5.41) is 6.02. The average molecular weight is 592 g/mol. The number of nitrogens with zero attached hydrogens (tertiary/aromatic N) is 1. The van der Waals surface area contributed by atoms with E-state index in [2.05, 4.69) is 15.4 Å². The molecule has 1 saturated heterocycles. The minimum atomic E-state index is -4.80. The standard InChI is InChI=1S/C27H40F3N3O6S/c1-40(36,37)16-11-23(19-31-22-7-9-24(10-8-22)39-27(28,29)30)32-26(35)21(17-20-5-3-2-4-6-20)18-25(34)33-12-14-38-15-13-33/h7-10,20-21,23,31H,2-6,11-19H2,1H3,(H,32,35)/t21-,23-/m1/s1. The van der Waals surface area contributed by atoms with E-state index in [1.165, 1.54) is 18.6 Å². The number of carbonyl (C=O) groups excluding carboxylic acids is 2. The van der Waals surface area contributed by atoms with Crippen molar-refractivity contribution in [2.24, 2.45) is 11.8 Å². The molecule has 1 aromatic rings. The van der Waals surface area contributed by atoms with Crippen molar-refractivity contribution in [1.82, 2.24) is 10.2 Å². The maximum atomic E-state index is 13.6. The Morgan fingerprint density at radius 2 is 1.75 bits per heavy atom. The van der Waals surface area contributed by atoms with E-state index in [1.807, 2.05) is 0 Å². The molecule has 3 rings (SSSR count). The minimum absolute atomic E-state index is 0.0786. The monoisotopic (exact) mass is 591 g/mol. The molecule has 0 unspecified atom stereocenters. The minimum Gasteiger partial charge on any atom is -0.406 e. The predicted molar refractivity (Wildman–Crippen MR) is 145 cm³/mol. The first-order chi connectivity index (χ1) is 18.9. The van der Waals surface area contributed by atoms with Gasteiger partial charge in [0.2, 0.25) is 11.8 Å². The summed E-state index contributed by atoms with van der Waals surface area (Å²) in [5.74, 6) is -1.09. The number of benzene rings is 1. The molecule has 226 valence electrons. The van der Waals surface area contributed by atoms with Gasteiger partial charge in [0.15, 0.2) is 0 Å². The van der Waals surface area contributed by atoms with E-state index in [0.717, 1.165) is 44.1 Å². The molecule has 0 radical (unpaired) electrons. The van der Waals surface area contributed by atoms with Crippen LogP contribution in [0.15, 0.2) is 24.3 Å². The number of amides is 2. The fraction of sp³-hybridized carbons (Fsp3) is 0.704. The van der Waals surface area contributed by atoms with Gasteiger partial charge in [0, 0.05) is 50.0 Å². The SMILES string of the molecule is CS(=O)(=O)CC[C@H](CNc1ccc(OC(F)(F)F)cc1)NC(=O)[C@@H](CC(=O)N1CCOCC1)CC1CCCCC1. The van der Waals surface area contributed by atoms with Crippen molar-refractivity contribution in [3.8, 4) is 5.75 Å². The van der Waals surface area contributed by atoms with Gasteiger partial charge in [0.05, 0.1) is 19.0 Å². The molecule has 1 saturated carbocycles. The van der Waals surface area contributed by atoms with E-state index >= 15 is 0 Å². The van der Waals surface area contributed by atoms with E-state index < -0.39 is 28.2 Å². The second-order valence-corrected chi connectivity index (χ2v) is 13.0. The summed E-state index contributed by atoms with van der Waals surface area (Å²) in [5.41, 5.74) is 0.481. The molecule has 9 nitrogen and oxygen atoms in total. The lowest BCUT2D eigenvalue weighted by molar-refractivity contribution is -0.274. The van der Waals surface area contributed by atoms with E-state index in [4.69, 9.17) is 4.74 Å². The van der Waals surface area contributed by atoms with Crippen LogP contribution in [0.3, 0.4) is 0 Å². The Hall–Kier alpha value is -2.54. The number of anilines is 1. The summed E-state index contributed by atoms with van der Waals surface area (Å²) in [4.78, 5) is 28.3. The van der Waals surface area contributed by atoms with Crippen molar-refractivity contribution in [2.45, 2.75) is 63.8 Å². The van der Waals surface area contributed by atoms with Crippen molar-refractivity contribution in [3.63, 3.8) is 0 Å². The third kappa shape index (κ3) is 11.9. The van der Waals surface area contributed by atoms with Crippen LogP contribution >= 0.6 is 0 Å². The lowest BCUT2D eigenvalue weighted by Gasteiger charge is -2.31. The zero-order valence-corrected chi connectivity index (χ0v) is 23.7. The molecule has 13 heteroatoms. The van der Waals surface area contributed by atoms with E-state index in [9.17, 15) is 31.2 Å².